The fraction of sp³-hybridized carbons (Fsp3) is 0.727. The molecule has 1 aliphatic carbocycles. The molecule has 1 fully saturated rings. The monoisotopic (exact) mass is 258 g/mol. The second-order valence-corrected chi connectivity index (χ2v) is 4.63. The van der Waals surface area contributed by atoms with Gasteiger partial charge in [-0.1, -0.05) is 6.42 Å². The minimum atomic E-state index is -1.23. The van der Waals surface area contributed by atoms with E-state index >= 15 is 0 Å². The van der Waals surface area contributed by atoms with Crippen molar-refractivity contribution in [1.29, 1.82) is 0 Å². The largest absolute Gasteiger partial charge is 0.481 e. The minimum absolute atomic E-state index is 0.128. The summed E-state index contributed by atoms with van der Waals surface area (Å²) in [6.45, 7) is 0.185. The van der Waals surface area contributed by atoms with E-state index in [1.807, 2.05) is 0 Å². The molecule has 0 spiro atoms. The first kappa shape index (κ1) is 14.4. The number of nitrogens with one attached hydrogen (secondary N) is 1. The summed E-state index contributed by atoms with van der Waals surface area (Å²) in [5.74, 6) is -2.70. The highest BCUT2D eigenvalue weighted by atomic mass is 16.4. The van der Waals surface area contributed by atoms with Crippen molar-refractivity contribution in [2.75, 3.05) is 6.54 Å². The number of aliphatic carboxylic acids is 2. The van der Waals surface area contributed by atoms with Crippen LogP contribution in [0.1, 0.15) is 32.1 Å². The first-order valence-corrected chi connectivity index (χ1v) is 5.87. The Bertz CT molecular complexity index is 346. The molecule has 7 nitrogen and oxygen atoms in total. The lowest BCUT2D eigenvalue weighted by Gasteiger charge is -2.39. The molecule has 102 valence electrons. The molecule has 7 heteroatoms. The molecule has 1 aliphatic rings. The molecule has 0 aromatic rings. The summed E-state index contributed by atoms with van der Waals surface area (Å²) in [6, 6.07) is -1.17. The van der Waals surface area contributed by atoms with Gasteiger partial charge in [0.05, 0.1) is 5.41 Å². The smallest absolute Gasteiger partial charge is 0.326 e. The van der Waals surface area contributed by atoms with E-state index in [0.717, 1.165) is 6.42 Å². The van der Waals surface area contributed by atoms with Crippen LogP contribution in [0.2, 0.25) is 0 Å². The van der Waals surface area contributed by atoms with E-state index in [2.05, 4.69) is 5.32 Å². The van der Waals surface area contributed by atoms with Crippen molar-refractivity contribution in [2.45, 2.75) is 38.1 Å². The van der Waals surface area contributed by atoms with Gasteiger partial charge in [-0.05, 0) is 19.3 Å². The molecule has 1 rings (SSSR count). The Hall–Kier alpha value is -1.63. The van der Waals surface area contributed by atoms with Gasteiger partial charge in [-0.2, -0.15) is 0 Å². The highest BCUT2D eigenvalue weighted by Gasteiger charge is 2.43. The van der Waals surface area contributed by atoms with Crippen LogP contribution in [0.15, 0.2) is 0 Å². The van der Waals surface area contributed by atoms with Crippen molar-refractivity contribution in [3.05, 3.63) is 0 Å². The normalized spacial score (nSPS) is 18.5. The molecule has 18 heavy (non-hydrogen) atoms. The number of hydrogen-bond acceptors (Lipinski definition) is 4. The molecular weight excluding hydrogens is 240 g/mol. The zero-order chi connectivity index (χ0) is 13.8. The van der Waals surface area contributed by atoms with E-state index in [4.69, 9.17) is 15.9 Å². The number of carboxylic acids is 2. The molecule has 0 bridgehead atoms. The predicted molar refractivity (Wildman–Crippen MR) is 61.8 cm³/mol. The summed E-state index contributed by atoms with van der Waals surface area (Å²) in [7, 11) is 0. The Balaban J connectivity index is 2.57. The second kappa shape index (κ2) is 5.81. The first-order valence-electron chi connectivity index (χ1n) is 5.87. The first-order chi connectivity index (χ1) is 8.41. The third-order valence-electron chi connectivity index (χ3n) is 3.43. The molecule has 0 aliphatic heterocycles. The van der Waals surface area contributed by atoms with Crippen molar-refractivity contribution in [2.24, 2.45) is 11.1 Å². The second-order valence-electron chi connectivity index (χ2n) is 4.63. The summed E-state index contributed by atoms with van der Waals surface area (Å²) in [5.41, 5.74) is 4.89. The van der Waals surface area contributed by atoms with Crippen molar-refractivity contribution >= 4 is 17.8 Å². The van der Waals surface area contributed by atoms with Gasteiger partial charge in [0.2, 0.25) is 5.91 Å². The molecule has 1 atom stereocenters. The maximum atomic E-state index is 11.9. The zero-order valence-electron chi connectivity index (χ0n) is 10.0. The topological polar surface area (TPSA) is 130 Å². The third kappa shape index (κ3) is 3.19. The number of hydrogen-bond donors (Lipinski definition) is 4. The average molecular weight is 258 g/mol. The van der Waals surface area contributed by atoms with Crippen LogP contribution in [0.25, 0.3) is 0 Å². The van der Waals surface area contributed by atoms with Crippen LogP contribution in [-0.4, -0.2) is 40.6 Å². The third-order valence-corrected chi connectivity index (χ3v) is 3.43. The number of carbonyl (C=O) groups is 3. The Kier molecular flexibility index (Phi) is 4.66. The van der Waals surface area contributed by atoms with Gasteiger partial charge < -0.3 is 21.3 Å². The van der Waals surface area contributed by atoms with Crippen LogP contribution in [0.3, 0.4) is 0 Å². The lowest BCUT2D eigenvalue weighted by atomic mass is 9.68. The predicted octanol–water partition coefficient (Wildman–Crippen LogP) is -0.450. The number of carbonyl (C=O) groups excluding carboxylic acids is 1. The van der Waals surface area contributed by atoms with Crippen LogP contribution in [-0.2, 0) is 14.4 Å². The lowest BCUT2D eigenvalue weighted by Crippen LogP contribution is -2.54. The van der Waals surface area contributed by atoms with Gasteiger partial charge in [-0.3, -0.25) is 9.59 Å². The van der Waals surface area contributed by atoms with Crippen LogP contribution in [0.5, 0.6) is 0 Å². The molecule has 0 aromatic heterocycles. The van der Waals surface area contributed by atoms with E-state index in [1.54, 1.807) is 0 Å². The van der Waals surface area contributed by atoms with Crippen LogP contribution < -0.4 is 11.1 Å². The fourth-order valence-electron chi connectivity index (χ4n) is 1.96. The molecular formula is C11H18N2O5. The Morgan fingerprint density at radius 3 is 2.22 bits per heavy atom. The van der Waals surface area contributed by atoms with Crippen molar-refractivity contribution in [3.63, 3.8) is 0 Å². The maximum Gasteiger partial charge on any atom is 0.326 e. The molecule has 0 heterocycles. The number of amides is 1. The van der Waals surface area contributed by atoms with Gasteiger partial charge in [-0.25, -0.2) is 4.79 Å². The Labute approximate surface area is 104 Å². The van der Waals surface area contributed by atoms with E-state index < -0.39 is 23.4 Å². The SMILES string of the molecule is NCC1(C(=O)N[C@@H](CCC(=O)O)C(=O)O)CCC1. The minimum Gasteiger partial charge on any atom is -0.481 e. The Morgan fingerprint density at radius 1 is 1.28 bits per heavy atom. The van der Waals surface area contributed by atoms with Gasteiger partial charge in [0.25, 0.3) is 0 Å². The van der Waals surface area contributed by atoms with Crippen molar-refractivity contribution < 1.29 is 24.6 Å². The molecule has 0 unspecified atom stereocenters. The number of nitrogens with two attached hydrogens (primary N) is 1. The van der Waals surface area contributed by atoms with Crippen molar-refractivity contribution in [3.8, 4) is 0 Å². The van der Waals surface area contributed by atoms with Gasteiger partial charge in [0.15, 0.2) is 0 Å². The lowest BCUT2D eigenvalue weighted by molar-refractivity contribution is -0.146. The fourth-order valence-corrected chi connectivity index (χ4v) is 1.96. The van der Waals surface area contributed by atoms with E-state index in [1.165, 1.54) is 0 Å². The zero-order valence-corrected chi connectivity index (χ0v) is 10.0. The molecule has 5 N–H and O–H groups in total. The Morgan fingerprint density at radius 2 is 1.89 bits per heavy atom. The van der Waals surface area contributed by atoms with Crippen LogP contribution in [0.4, 0.5) is 0 Å². The molecule has 0 radical (unpaired) electrons. The van der Waals surface area contributed by atoms with Gasteiger partial charge >= 0.3 is 11.9 Å². The van der Waals surface area contributed by atoms with Gasteiger partial charge in [-0.15, -0.1) is 0 Å². The summed E-state index contributed by atoms with van der Waals surface area (Å²) >= 11 is 0. The summed E-state index contributed by atoms with van der Waals surface area (Å²) in [6.07, 6.45) is 1.78. The summed E-state index contributed by atoms with van der Waals surface area (Å²) in [5, 5.41) is 19.8. The highest BCUT2D eigenvalue weighted by molar-refractivity contribution is 5.88. The van der Waals surface area contributed by atoms with E-state index in [0.29, 0.717) is 12.8 Å². The van der Waals surface area contributed by atoms with E-state index in [9.17, 15) is 14.4 Å². The number of rotatable bonds is 7. The van der Waals surface area contributed by atoms with E-state index in [-0.39, 0.29) is 25.3 Å². The van der Waals surface area contributed by atoms with Gasteiger partial charge in [0, 0.05) is 13.0 Å². The molecule has 0 saturated heterocycles. The molecule has 0 aromatic carbocycles. The highest BCUT2D eigenvalue weighted by Crippen LogP contribution is 2.40. The molecule has 1 amide bonds. The summed E-state index contributed by atoms with van der Waals surface area (Å²) in [4.78, 5) is 33.3. The van der Waals surface area contributed by atoms with Crippen molar-refractivity contribution in [1.82, 2.24) is 5.32 Å². The molecule has 1 saturated carbocycles. The quantitative estimate of drug-likeness (QED) is 0.489. The standard InChI is InChI=1S/C11H18N2O5/c12-6-11(4-1-5-11)10(18)13-7(9(16)17)2-3-8(14)15/h7H,1-6,12H2,(H,13,18)(H,14,15)(H,16,17)/t7-/m0/s1. The van der Waals surface area contributed by atoms with Crippen LogP contribution in [0, 0.1) is 5.41 Å². The summed E-state index contributed by atoms with van der Waals surface area (Å²) < 4.78 is 0. The maximum absolute atomic E-state index is 11.9. The number of carboxylic acid groups (broad SMARTS) is 2. The van der Waals surface area contributed by atoms with Crippen LogP contribution >= 0.6 is 0 Å². The average Bonchev–Trinajstić information content (AvgIpc) is 2.22. The van der Waals surface area contributed by atoms with Gasteiger partial charge in [0.1, 0.15) is 6.04 Å².